The van der Waals surface area contributed by atoms with Crippen molar-refractivity contribution < 1.29 is 0 Å². The lowest BCUT2D eigenvalue weighted by Crippen LogP contribution is -2.18. The zero-order chi connectivity index (χ0) is 13.8. The summed E-state index contributed by atoms with van der Waals surface area (Å²) in [6.45, 7) is 4.25. The first-order chi connectivity index (χ1) is 9.12. The molecule has 106 valence electrons. The summed E-state index contributed by atoms with van der Waals surface area (Å²) >= 11 is 1.98. The van der Waals surface area contributed by atoms with Gasteiger partial charge in [-0.3, -0.25) is 0 Å². The molecular weight excluding hydrogens is 256 g/mol. The second kappa shape index (κ2) is 6.46. The number of anilines is 2. The average Bonchev–Trinajstić information content (AvgIpc) is 2.85. The summed E-state index contributed by atoms with van der Waals surface area (Å²) in [6, 6.07) is 2.55. The van der Waals surface area contributed by atoms with Crippen molar-refractivity contribution in [3.63, 3.8) is 0 Å². The van der Waals surface area contributed by atoms with E-state index < -0.39 is 0 Å². The topological polar surface area (TPSA) is 49.8 Å². The molecule has 0 bridgehead atoms. The second-order valence-corrected chi connectivity index (χ2v) is 6.55. The van der Waals surface area contributed by atoms with E-state index in [1.54, 1.807) is 0 Å². The predicted octanol–water partition coefficient (Wildman–Crippen LogP) is 3.34. The Morgan fingerprint density at radius 3 is 2.58 bits per heavy atom. The molecule has 0 amide bonds. The number of hydrogen-bond donors (Lipinski definition) is 2. The fourth-order valence-electron chi connectivity index (χ4n) is 2.42. The molecule has 0 aliphatic heterocycles. The quantitative estimate of drug-likeness (QED) is 0.866. The Morgan fingerprint density at radius 1 is 1.26 bits per heavy atom. The molecule has 2 N–H and O–H groups in total. The molecule has 0 aromatic carbocycles. The van der Waals surface area contributed by atoms with E-state index in [4.69, 9.17) is 0 Å². The van der Waals surface area contributed by atoms with Gasteiger partial charge in [0.2, 0.25) is 0 Å². The Kier molecular flexibility index (Phi) is 4.91. The molecule has 19 heavy (non-hydrogen) atoms. The molecule has 1 aliphatic rings. The lowest BCUT2D eigenvalue weighted by Gasteiger charge is -2.16. The smallest absolute Gasteiger partial charge is 0.135 e. The van der Waals surface area contributed by atoms with Crippen molar-refractivity contribution in [2.24, 2.45) is 0 Å². The molecule has 1 fully saturated rings. The average molecular weight is 280 g/mol. The Labute approximate surface area is 120 Å². The van der Waals surface area contributed by atoms with Crippen LogP contribution in [0.25, 0.3) is 0 Å². The lowest BCUT2D eigenvalue weighted by atomic mass is 10.2. The molecule has 1 aromatic rings. The molecule has 1 heterocycles. The standard InChI is InChI=1S/C14H24N4S/c1-9(2)14-17-12(15-3)8-13(18-14)16-10-5-6-11(7-10)19-4/h8-11H,5-7H2,1-4H3,(H2,15,16,17,18). The number of rotatable bonds is 5. The van der Waals surface area contributed by atoms with Gasteiger partial charge in [0, 0.05) is 30.3 Å². The summed E-state index contributed by atoms with van der Waals surface area (Å²) < 4.78 is 0. The fraction of sp³-hybridized carbons (Fsp3) is 0.714. The van der Waals surface area contributed by atoms with E-state index in [1.807, 2.05) is 24.9 Å². The van der Waals surface area contributed by atoms with E-state index >= 15 is 0 Å². The van der Waals surface area contributed by atoms with E-state index in [9.17, 15) is 0 Å². The number of nitrogens with zero attached hydrogens (tertiary/aromatic N) is 2. The molecule has 0 saturated heterocycles. The molecule has 0 radical (unpaired) electrons. The third kappa shape index (κ3) is 3.75. The van der Waals surface area contributed by atoms with Gasteiger partial charge in [0.25, 0.3) is 0 Å². The third-order valence-corrected chi connectivity index (χ3v) is 4.68. The van der Waals surface area contributed by atoms with Gasteiger partial charge in [-0.15, -0.1) is 0 Å². The van der Waals surface area contributed by atoms with Crippen LogP contribution in [-0.2, 0) is 0 Å². The van der Waals surface area contributed by atoms with Crippen LogP contribution in [0.15, 0.2) is 6.07 Å². The monoisotopic (exact) mass is 280 g/mol. The minimum absolute atomic E-state index is 0.344. The van der Waals surface area contributed by atoms with Crippen LogP contribution in [0.5, 0.6) is 0 Å². The van der Waals surface area contributed by atoms with Crippen LogP contribution in [0.4, 0.5) is 11.6 Å². The van der Waals surface area contributed by atoms with Gasteiger partial charge in [-0.25, -0.2) is 9.97 Å². The maximum absolute atomic E-state index is 4.63. The van der Waals surface area contributed by atoms with Gasteiger partial charge in [0.15, 0.2) is 0 Å². The van der Waals surface area contributed by atoms with Crippen LogP contribution in [-0.4, -0.2) is 34.6 Å². The highest BCUT2D eigenvalue weighted by Gasteiger charge is 2.24. The summed E-state index contributed by atoms with van der Waals surface area (Å²) in [5.74, 6) is 3.08. The zero-order valence-electron chi connectivity index (χ0n) is 12.2. The normalized spacial score (nSPS) is 22.8. The zero-order valence-corrected chi connectivity index (χ0v) is 13.0. The molecule has 1 saturated carbocycles. The van der Waals surface area contributed by atoms with Gasteiger partial charge >= 0.3 is 0 Å². The van der Waals surface area contributed by atoms with Gasteiger partial charge < -0.3 is 10.6 Å². The number of hydrogen-bond acceptors (Lipinski definition) is 5. The largest absolute Gasteiger partial charge is 0.373 e. The highest BCUT2D eigenvalue weighted by Crippen LogP contribution is 2.30. The van der Waals surface area contributed by atoms with Crippen molar-refractivity contribution in [2.45, 2.75) is 50.3 Å². The third-order valence-electron chi connectivity index (χ3n) is 3.59. The lowest BCUT2D eigenvalue weighted by molar-refractivity contribution is 0.736. The van der Waals surface area contributed by atoms with Gasteiger partial charge in [0.05, 0.1) is 0 Å². The van der Waals surface area contributed by atoms with Gasteiger partial charge in [-0.05, 0) is 25.5 Å². The van der Waals surface area contributed by atoms with Crippen LogP contribution < -0.4 is 10.6 Å². The van der Waals surface area contributed by atoms with Crippen molar-refractivity contribution >= 4 is 23.4 Å². The summed E-state index contributed by atoms with van der Waals surface area (Å²) in [4.78, 5) is 9.12. The van der Waals surface area contributed by atoms with Crippen molar-refractivity contribution in [1.82, 2.24) is 9.97 Å². The first-order valence-corrected chi connectivity index (χ1v) is 8.27. The number of nitrogens with one attached hydrogen (secondary N) is 2. The highest BCUT2D eigenvalue weighted by atomic mass is 32.2. The van der Waals surface area contributed by atoms with Crippen LogP contribution >= 0.6 is 11.8 Å². The Morgan fingerprint density at radius 2 is 2.00 bits per heavy atom. The summed E-state index contributed by atoms with van der Waals surface area (Å²) in [5.41, 5.74) is 0. The first-order valence-electron chi connectivity index (χ1n) is 6.98. The molecule has 2 atom stereocenters. The van der Waals surface area contributed by atoms with Crippen molar-refractivity contribution in [2.75, 3.05) is 23.9 Å². The number of aromatic nitrogens is 2. The summed E-state index contributed by atoms with van der Waals surface area (Å²) in [5, 5.41) is 7.48. The van der Waals surface area contributed by atoms with E-state index in [-0.39, 0.29) is 0 Å². The molecule has 4 nitrogen and oxygen atoms in total. The highest BCUT2D eigenvalue weighted by molar-refractivity contribution is 7.99. The Balaban J connectivity index is 2.09. The second-order valence-electron chi connectivity index (χ2n) is 5.41. The maximum atomic E-state index is 4.63. The van der Waals surface area contributed by atoms with Crippen LogP contribution in [0, 0.1) is 0 Å². The maximum Gasteiger partial charge on any atom is 0.135 e. The number of thioether (sulfide) groups is 1. The van der Waals surface area contributed by atoms with Crippen molar-refractivity contribution in [3.05, 3.63) is 11.9 Å². The van der Waals surface area contributed by atoms with Gasteiger partial charge in [0.1, 0.15) is 17.5 Å². The van der Waals surface area contributed by atoms with E-state index in [0.717, 1.165) is 22.7 Å². The molecule has 0 spiro atoms. The van der Waals surface area contributed by atoms with E-state index in [1.165, 1.54) is 19.3 Å². The van der Waals surface area contributed by atoms with Crippen LogP contribution in [0.2, 0.25) is 0 Å². The van der Waals surface area contributed by atoms with Crippen molar-refractivity contribution in [3.8, 4) is 0 Å². The molecular formula is C14H24N4S. The van der Waals surface area contributed by atoms with Gasteiger partial charge in [-0.2, -0.15) is 11.8 Å². The van der Waals surface area contributed by atoms with E-state index in [0.29, 0.717) is 12.0 Å². The fourth-order valence-corrected chi connectivity index (χ4v) is 3.22. The molecule has 1 aliphatic carbocycles. The molecule has 2 rings (SSSR count). The predicted molar refractivity (Wildman–Crippen MR) is 84.2 cm³/mol. The Bertz CT molecular complexity index is 422. The summed E-state index contributed by atoms with van der Waals surface area (Å²) in [6.07, 6.45) is 5.98. The molecule has 1 aromatic heterocycles. The molecule has 5 heteroatoms. The minimum atomic E-state index is 0.344. The van der Waals surface area contributed by atoms with E-state index in [2.05, 4.69) is 40.7 Å². The van der Waals surface area contributed by atoms with Crippen LogP contribution in [0.3, 0.4) is 0 Å². The summed E-state index contributed by atoms with van der Waals surface area (Å²) in [7, 11) is 1.90. The minimum Gasteiger partial charge on any atom is -0.373 e. The Hall–Kier alpha value is -0.970. The molecule has 2 unspecified atom stereocenters. The SMILES string of the molecule is CNc1cc(NC2CCC(SC)C2)nc(C(C)C)n1. The van der Waals surface area contributed by atoms with Crippen molar-refractivity contribution in [1.29, 1.82) is 0 Å². The van der Waals surface area contributed by atoms with Crippen LogP contribution in [0.1, 0.15) is 44.9 Å². The van der Waals surface area contributed by atoms with Gasteiger partial charge in [-0.1, -0.05) is 13.8 Å². The first kappa shape index (κ1) is 14.4.